The minimum absolute atomic E-state index is 0.0775. The number of nitrogens with two attached hydrogens (primary N) is 1. The number of nitrogen functional groups attached to an aromatic ring is 1. The second kappa shape index (κ2) is 4.97. The van der Waals surface area contributed by atoms with Gasteiger partial charge in [0.1, 0.15) is 11.0 Å². The van der Waals surface area contributed by atoms with E-state index in [1.807, 2.05) is 32.0 Å². The Balaban J connectivity index is 2.82. The smallest absolute Gasteiger partial charge is 0.119 e. The number of halogens is 1. The second-order valence-corrected chi connectivity index (χ2v) is 6.17. The van der Waals surface area contributed by atoms with Gasteiger partial charge in [-0.1, -0.05) is 0 Å². The van der Waals surface area contributed by atoms with Crippen LogP contribution in [0.25, 0.3) is 0 Å². The highest BCUT2D eigenvalue weighted by atomic mass is 127. The van der Waals surface area contributed by atoms with Crippen LogP contribution in [0.2, 0.25) is 0 Å². The number of rotatable bonds is 3. The molecule has 0 fully saturated rings. The number of benzene rings is 1. The lowest BCUT2D eigenvalue weighted by atomic mass is 10.3. The van der Waals surface area contributed by atoms with Gasteiger partial charge in [0.15, 0.2) is 0 Å². The molecule has 0 heterocycles. The lowest BCUT2D eigenvalue weighted by molar-refractivity contribution is 0.680. The molecule has 1 aromatic rings. The van der Waals surface area contributed by atoms with Crippen molar-refractivity contribution in [2.24, 2.45) is 0 Å². The van der Waals surface area contributed by atoms with E-state index in [1.54, 1.807) is 0 Å². The van der Waals surface area contributed by atoms with Crippen molar-refractivity contribution in [3.05, 3.63) is 21.8 Å². The maximum absolute atomic E-state index is 11.5. The molecule has 0 radical (unpaired) electrons. The zero-order valence-corrected chi connectivity index (χ0v) is 11.1. The van der Waals surface area contributed by atoms with E-state index in [4.69, 9.17) is 5.73 Å². The molecule has 1 aromatic carbocycles. The summed E-state index contributed by atoms with van der Waals surface area (Å²) in [4.78, 5) is 0. The molecule has 0 aliphatic rings. The van der Waals surface area contributed by atoms with Crippen LogP contribution in [-0.4, -0.2) is 9.46 Å². The molecule has 1 atom stereocenters. The summed E-state index contributed by atoms with van der Waals surface area (Å²) >= 11 is 2.19. The van der Waals surface area contributed by atoms with Gasteiger partial charge in [-0.05, 0) is 54.6 Å². The van der Waals surface area contributed by atoms with E-state index < -0.39 is 11.0 Å². The summed E-state index contributed by atoms with van der Waals surface area (Å²) in [5, 5.41) is 0.0775. The van der Waals surface area contributed by atoms with Crippen molar-refractivity contribution in [2.75, 3.05) is 10.5 Å². The van der Waals surface area contributed by atoms with E-state index in [9.17, 15) is 4.21 Å². The number of hydrogen-bond donors (Lipinski definition) is 2. The fourth-order valence-electron chi connectivity index (χ4n) is 0.853. The van der Waals surface area contributed by atoms with Crippen molar-refractivity contribution in [3.63, 3.8) is 0 Å². The number of hydrogen-bond acceptors (Lipinski definition) is 2. The maximum atomic E-state index is 11.5. The van der Waals surface area contributed by atoms with E-state index in [0.29, 0.717) is 5.69 Å². The van der Waals surface area contributed by atoms with E-state index in [-0.39, 0.29) is 5.25 Å². The summed E-state index contributed by atoms with van der Waals surface area (Å²) in [6.45, 7) is 3.79. The first kappa shape index (κ1) is 11.8. The molecule has 0 aliphatic heterocycles. The molecule has 0 aromatic heterocycles. The standard InChI is InChI=1S/C9H13IN2OS/c1-6(2)14(13)12-9-4-3-7(10)5-8(9)11/h3-6,12H,11H2,1-2H3. The van der Waals surface area contributed by atoms with Crippen LogP contribution in [0.3, 0.4) is 0 Å². The zero-order valence-electron chi connectivity index (χ0n) is 8.08. The molecule has 0 amide bonds. The second-order valence-electron chi connectivity index (χ2n) is 3.18. The Morgan fingerprint density at radius 1 is 1.50 bits per heavy atom. The van der Waals surface area contributed by atoms with Gasteiger partial charge in [0.25, 0.3) is 0 Å². The summed E-state index contributed by atoms with van der Waals surface area (Å²) in [5.41, 5.74) is 7.13. The molecule has 0 aliphatic carbocycles. The minimum atomic E-state index is -1.07. The summed E-state index contributed by atoms with van der Waals surface area (Å²) in [6, 6.07) is 5.62. The molecule has 78 valence electrons. The highest BCUT2D eigenvalue weighted by Gasteiger charge is 2.07. The van der Waals surface area contributed by atoms with Crippen molar-refractivity contribution in [3.8, 4) is 0 Å². The highest BCUT2D eigenvalue weighted by Crippen LogP contribution is 2.21. The van der Waals surface area contributed by atoms with Crippen LogP contribution in [0.1, 0.15) is 13.8 Å². The van der Waals surface area contributed by atoms with Gasteiger partial charge in [-0.25, -0.2) is 4.21 Å². The van der Waals surface area contributed by atoms with Crippen LogP contribution in [0, 0.1) is 3.57 Å². The van der Waals surface area contributed by atoms with E-state index in [0.717, 1.165) is 9.26 Å². The summed E-state index contributed by atoms with van der Waals surface area (Å²) < 4.78 is 15.4. The Morgan fingerprint density at radius 3 is 2.64 bits per heavy atom. The van der Waals surface area contributed by atoms with Crippen LogP contribution in [-0.2, 0) is 11.0 Å². The van der Waals surface area contributed by atoms with Crippen molar-refractivity contribution < 1.29 is 4.21 Å². The van der Waals surface area contributed by atoms with Gasteiger partial charge in [-0.15, -0.1) is 0 Å². The van der Waals surface area contributed by atoms with Gasteiger partial charge in [0.2, 0.25) is 0 Å². The predicted octanol–water partition coefficient (Wildman–Crippen LogP) is 2.36. The first-order valence-corrected chi connectivity index (χ1v) is 6.52. The normalized spacial score (nSPS) is 12.9. The molecule has 0 saturated carbocycles. The molecule has 1 rings (SSSR count). The Kier molecular flexibility index (Phi) is 4.18. The fourth-order valence-corrected chi connectivity index (χ4v) is 2.01. The molecule has 3 N–H and O–H groups in total. The molecular weight excluding hydrogens is 311 g/mol. The number of nitrogens with one attached hydrogen (secondary N) is 1. The largest absolute Gasteiger partial charge is 0.397 e. The van der Waals surface area contributed by atoms with E-state index in [1.165, 1.54) is 0 Å². The monoisotopic (exact) mass is 324 g/mol. The van der Waals surface area contributed by atoms with Crippen molar-refractivity contribution >= 4 is 45.0 Å². The van der Waals surface area contributed by atoms with Crippen LogP contribution in [0.15, 0.2) is 18.2 Å². The summed E-state index contributed by atoms with van der Waals surface area (Å²) in [5.74, 6) is 0. The topological polar surface area (TPSA) is 55.1 Å². The van der Waals surface area contributed by atoms with Gasteiger partial charge < -0.3 is 10.5 Å². The Bertz CT molecular complexity index is 355. The molecule has 5 heteroatoms. The molecule has 3 nitrogen and oxygen atoms in total. The number of anilines is 2. The quantitative estimate of drug-likeness (QED) is 0.662. The average Bonchev–Trinajstić information content (AvgIpc) is 2.09. The van der Waals surface area contributed by atoms with E-state index in [2.05, 4.69) is 27.3 Å². The van der Waals surface area contributed by atoms with Gasteiger partial charge in [-0.2, -0.15) is 0 Å². The molecular formula is C9H13IN2OS. The third kappa shape index (κ3) is 3.13. The van der Waals surface area contributed by atoms with Crippen LogP contribution < -0.4 is 10.5 Å². The van der Waals surface area contributed by atoms with E-state index >= 15 is 0 Å². The lowest BCUT2D eigenvalue weighted by Gasteiger charge is -2.10. The molecule has 1 unspecified atom stereocenters. The van der Waals surface area contributed by atoms with Crippen LogP contribution in [0.5, 0.6) is 0 Å². The fraction of sp³-hybridized carbons (Fsp3) is 0.333. The van der Waals surface area contributed by atoms with Gasteiger partial charge in [0, 0.05) is 8.82 Å². The molecule has 14 heavy (non-hydrogen) atoms. The first-order valence-electron chi connectivity index (χ1n) is 4.23. The van der Waals surface area contributed by atoms with Crippen LogP contribution in [0.4, 0.5) is 11.4 Å². The third-order valence-electron chi connectivity index (χ3n) is 1.65. The summed E-state index contributed by atoms with van der Waals surface area (Å²) in [6.07, 6.45) is 0. The summed E-state index contributed by atoms with van der Waals surface area (Å²) in [7, 11) is -1.07. The van der Waals surface area contributed by atoms with Gasteiger partial charge in [0.05, 0.1) is 11.4 Å². The van der Waals surface area contributed by atoms with Crippen LogP contribution >= 0.6 is 22.6 Å². The van der Waals surface area contributed by atoms with Crippen molar-refractivity contribution in [2.45, 2.75) is 19.1 Å². The minimum Gasteiger partial charge on any atom is -0.397 e. The predicted molar refractivity (Wildman–Crippen MR) is 70.5 cm³/mol. The Morgan fingerprint density at radius 2 is 2.14 bits per heavy atom. The third-order valence-corrected chi connectivity index (χ3v) is 3.60. The SMILES string of the molecule is CC(C)S(=O)Nc1ccc(I)cc1N. The Hall–Kier alpha value is -0.300. The Labute approximate surface area is 100 Å². The first-order chi connectivity index (χ1) is 6.50. The maximum Gasteiger partial charge on any atom is 0.119 e. The zero-order chi connectivity index (χ0) is 10.7. The molecule has 0 saturated heterocycles. The molecule has 0 spiro atoms. The average molecular weight is 324 g/mol. The van der Waals surface area contributed by atoms with Gasteiger partial charge >= 0.3 is 0 Å². The van der Waals surface area contributed by atoms with Crippen molar-refractivity contribution in [1.82, 2.24) is 0 Å². The molecule has 0 bridgehead atoms. The lowest BCUT2D eigenvalue weighted by Crippen LogP contribution is -2.15. The van der Waals surface area contributed by atoms with Crippen molar-refractivity contribution in [1.29, 1.82) is 0 Å². The van der Waals surface area contributed by atoms with Gasteiger partial charge in [-0.3, -0.25) is 0 Å². The highest BCUT2D eigenvalue weighted by molar-refractivity contribution is 14.1.